The Morgan fingerprint density at radius 3 is 2.95 bits per heavy atom. The lowest BCUT2D eigenvalue weighted by molar-refractivity contribution is 0.0948. The van der Waals surface area contributed by atoms with Crippen LogP contribution in [-0.4, -0.2) is 19.0 Å². The van der Waals surface area contributed by atoms with E-state index in [0.29, 0.717) is 12.1 Å². The van der Waals surface area contributed by atoms with Gasteiger partial charge in [-0.1, -0.05) is 30.3 Å². The first-order valence-electron chi connectivity index (χ1n) is 7.09. The standard InChI is InChI=1S/C17H17FN2O/c18-14-6-3-5-13(10-14)17(21)20-11-16-15-7-2-1-4-12(15)8-9-19-16/h1-7,10,16,19H,8-9,11H2,(H,20,21). The number of amides is 1. The molecule has 3 nitrogen and oxygen atoms in total. The fraction of sp³-hybridized carbons (Fsp3) is 0.235. The summed E-state index contributed by atoms with van der Waals surface area (Å²) in [5.74, 6) is -0.650. The molecule has 0 fully saturated rings. The molecule has 1 aliphatic heterocycles. The van der Waals surface area contributed by atoms with Gasteiger partial charge in [-0.15, -0.1) is 0 Å². The lowest BCUT2D eigenvalue weighted by Crippen LogP contribution is -2.38. The number of carbonyl (C=O) groups excluding carboxylic acids is 1. The molecule has 4 heteroatoms. The van der Waals surface area contributed by atoms with Gasteiger partial charge in [-0.25, -0.2) is 4.39 Å². The van der Waals surface area contributed by atoms with Crippen LogP contribution in [0, 0.1) is 5.82 Å². The molecule has 2 N–H and O–H groups in total. The highest BCUT2D eigenvalue weighted by Crippen LogP contribution is 2.21. The fourth-order valence-corrected chi connectivity index (χ4v) is 2.70. The molecule has 3 rings (SSSR count). The van der Waals surface area contributed by atoms with Crippen LogP contribution >= 0.6 is 0 Å². The summed E-state index contributed by atoms with van der Waals surface area (Å²) in [4.78, 5) is 12.0. The Kier molecular flexibility index (Phi) is 3.97. The highest BCUT2D eigenvalue weighted by molar-refractivity contribution is 5.94. The van der Waals surface area contributed by atoms with E-state index in [-0.39, 0.29) is 11.9 Å². The number of hydrogen-bond acceptors (Lipinski definition) is 2. The third kappa shape index (κ3) is 3.11. The summed E-state index contributed by atoms with van der Waals surface area (Å²) < 4.78 is 13.1. The van der Waals surface area contributed by atoms with E-state index in [2.05, 4.69) is 22.8 Å². The Balaban J connectivity index is 1.67. The Bertz CT molecular complexity index is 657. The summed E-state index contributed by atoms with van der Waals surface area (Å²) in [5.41, 5.74) is 2.89. The van der Waals surface area contributed by atoms with Crippen LogP contribution in [0.3, 0.4) is 0 Å². The minimum Gasteiger partial charge on any atom is -0.350 e. The van der Waals surface area contributed by atoms with E-state index in [1.807, 2.05) is 12.1 Å². The third-order valence-corrected chi connectivity index (χ3v) is 3.77. The van der Waals surface area contributed by atoms with E-state index >= 15 is 0 Å². The van der Waals surface area contributed by atoms with Crippen molar-refractivity contribution in [2.75, 3.05) is 13.1 Å². The number of halogens is 1. The summed E-state index contributed by atoms with van der Waals surface area (Å²) in [6, 6.07) is 14.1. The average Bonchev–Trinajstić information content (AvgIpc) is 2.52. The third-order valence-electron chi connectivity index (χ3n) is 3.77. The van der Waals surface area contributed by atoms with Crippen molar-refractivity contribution in [1.82, 2.24) is 10.6 Å². The molecule has 0 aliphatic carbocycles. The van der Waals surface area contributed by atoms with Crippen LogP contribution in [0.15, 0.2) is 48.5 Å². The number of rotatable bonds is 3. The van der Waals surface area contributed by atoms with Gasteiger partial charge in [0.25, 0.3) is 5.91 Å². The van der Waals surface area contributed by atoms with Crippen molar-refractivity contribution in [3.8, 4) is 0 Å². The number of benzene rings is 2. The fourth-order valence-electron chi connectivity index (χ4n) is 2.70. The Morgan fingerprint density at radius 1 is 1.24 bits per heavy atom. The van der Waals surface area contributed by atoms with Gasteiger partial charge in [0.2, 0.25) is 0 Å². The number of fused-ring (bicyclic) bond motifs is 1. The van der Waals surface area contributed by atoms with Gasteiger partial charge in [0, 0.05) is 18.2 Å². The number of nitrogens with one attached hydrogen (secondary N) is 2. The van der Waals surface area contributed by atoms with E-state index in [1.165, 1.54) is 23.3 Å². The van der Waals surface area contributed by atoms with Crippen LogP contribution in [0.4, 0.5) is 4.39 Å². The largest absolute Gasteiger partial charge is 0.350 e. The van der Waals surface area contributed by atoms with Crippen LogP contribution < -0.4 is 10.6 Å². The first kappa shape index (κ1) is 13.8. The lowest BCUT2D eigenvalue weighted by Gasteiger charge is -2.27. The van der Waals surface area contributed by atoms with E-state index in [9.17, 15) is 9.18 Å². The molecular formula is C17H17FN2O. The zero-order valence-corrected chi connectivity index (χ0v) is 11.6. The maximum absolute atomic E-state index is 13.1. The second-order valence-electron chi connectivity index (χ2n) is 5.18. The summed E-state index contributed by atoms with van der Waals surface area (Å²) in [6.45, 7) is 1.39. The molecule has 2 aromatic carbocycles. The maximum atomic E-state index is 13.1. The summed E-state index contributed by atoms with van der Waals surface area (Å²) in [5, 5.41) is 6.27. The molecule has 1 atom stereocenters. The van der Waals surface area contributed by atoms with Gasteiger partial charge in [0.1, 0.15) is 5.82 Å². The van der Waals surface area contributed by atoms with Crippen molar-refractivity contribution in [2.45, 2.75) is 12.5 Å². The highest BCUT2D eigenvalue weighted by Gasteiger charge is 2.19. The molecular weight excluding hydrogens is 267 g/mol. The topological polar surface area (TPSA) is 41.1 Å². The minimum absolute atomic E-state index is 0.104. The van der Waals surface area contributed by atoms with Crippen molar-refractivity contribution in [2.24, 2.45) is 0 Å². The zero-order chi connectivity index (χ0) is 14.7. The van der Waals surface area contributed by atoms with Gasteiger partial charge in [-0.05, 0) is 42.3 Å². The summed E-state index contributed by atoms with van der Waals surface area (Å²) in [6.07, 6.45) is 1.00. The molecule has 0 spiro atoms. The quantitative estimate of drug-likeness (QED) is 0.909. The van der Waals surface area contributed by atoms with Gasteiger partial charge in [-0.2, -0.15) is 0 Å². The monoisotopic (exact) mass is 284 g/mol. The zero-order valence-electron chi connectivity index (χ0n) is 11.6. The van der Waals surface area contributed by atoms with Gasteiger partial charge in [0.05, 0.1) is 0 Å². The van der Waals surface area contributed by atoms with E-state index in [4.69, 9.17) is 0 Å². The van der Waals surface area contributed by atoms with Crippen molar-refractivity contribution < 1.29 is 9.18 Å². The molecule has 108 valence electrons. The lowest BCUT2D eigenvalue weighted by atomic mass is 9.94. The first-order chi connectivity index (χ1) is 10.2. The Morgan fingerprint density at radius 2 is 2.10 bits per heavy atom. The molecule has 1 amide bonds. The van der Waals surface area contributed by atoms with Crippen molar-refractivity contribution in [1.29, 1.82) is 0 Å². The molecule has 1 unspecified atom stereocenters. The van der Waals surface area contributed by atoms with Crippen LogP contribution in [0.5, 0.6) is 0 Å². The van der Waals surface area contributed by atoms with Crippen molar-refractivity contribution in [3.05, 3.63) is 71.0 Å². The number of carbonyl (C=O) groups is 1. The van der Waals surface area contributed by atoms with Crippen LogP contribution in [-0.2, 0) is 6.42 Å². The van der Waals surface area contributed by atoms with Crippen molar-refractivity contribution in [3.63, 3.8) is 0 Å². The second-order valence-corrected chi connectivity index (χ2v) is 5.18. The van der Waals surface area contributed by atoms with Crippen LogP contribution in [0.1, 0.15) is 27.5 Å². The Hall–Kier alpha value is -2.20. The van der Waals surface area contributed by atoms with Gasteiger partial charge >= 0.3 is 0 Å². The molecule has 2 aromatic rings. The summed E-state index contributed by atoms with van der Waals surface area (Å²) in [7, 11) is 0. The maximum Gasteiger partial charge on any atom is 0.251 e. The van der Waals surface area contributed by atoms with Gasteiger partial charge in [0.15, 0.2) is 0 Å². The van der Waals surface area contributed by atoms with E-state index < -0.39 is 5.82 Å². The first-order valence-corrected chi connectivity index (χ1v) is 7.09. The molecule has 0 aromatic heterocycles. The normalized spacial score (nSPS) is 17.1. The molecule has 0 bridgehead atoms. The molecule has 1 aliphatic rings. The smallest absolute Gasteiger partial charge is 0.251 e. The molecule has 0 saturated heterocycles. The summed E-state index contributed by atoms with van der Waals surface area (Å²) >= 11 is 0. The van der Waals surface area contributed by atoms with E-state index in [1.54, 1.807) is 12.1 Å². The molecule has 21 heavy (non-hydrogen) atoms. The van der Waals surface area contributed by atoms with Crippen LogP contribution in [0.25, 0.3) is 0 Å². The second kappa shape index (κ2) is 6.06. The SMILES string of the molecule is O=C(NCC1NCCc2ccccc21)c1cccc(F)c1. The minimum atomic E-state index is -0.399. The van der Waals surface area contributed by atoms with Gasteiger partial charge in [-0.3, -0.25) is 4.79 Å². The predicted molar refractivity (Wildman–Crippen MR) is 79.6 cm³/mol. The highest BCUT2D eigenvalue weighted by atomic mass is 19.1. The Labute approximate surface area is 123 Å². The predicted octanol–water partition coefficient (Wildman–Crippen LogP) is 2.44. The van der Waals surface area contributed by atoms with Crippen molar-refractivity contribution >= 4 is 5.91 Å². The van der Waals surface area contributed by atoms with Crippen LogP contribution in [0.2, 0.25) is 0 Å². The molecule has 0 saturated carbocycles. The molecule has 1 heterocycles. The molecule has 0 radical (unpaired) electrons. The average molecular weight is 284 g/mol. The van der Waals surface area contributed by atoms with Gasteiger partial charge < -0.3 is 10.6 Å². The number of hydrogen-bond donors (Lipinski definition) is 2. The van der Waals surface area contributed by atoms with E-state index in [0.717, 1.165) is 13.0 Å².